The van der Waals surface area contributed by atoms with E-state index in [9.17, 15) is 14.7 Å². The molecule has 2 N–H and O–H groups in total. The van der Waals surface area contributed by atoms with Crippen LogP contribution in [0.3, 0.4) is 0 Å². The summed E-state index contributed by atoms with van der Waals surface area (Å²) < 4.78 is 11.7. The van der Waals surface area contributed by atoms with Gasteiger partial charge in [-0.05, 0) is 42.8 Å². The molecule has 4 rings (SSSR count). The van der Waals surface area contributed by atoms with Gasteiger partial charge in [0.1, 0.15) is 11.3 Å². The fourth-order valence-electron chi connectivity index (χ4n) is 3.84. The van der Waals surface area contributed by atoms with Crippen LogP contribution in [-0.4, -0.2) is 33.8 Å². The van der Waals surface area contributed by atoms with Crippen LogP contribution in [0, 0.1) is 11.3 Å². The molecule has 8 heteroatoms. The molecule has 0 aliphatic carbocycles. The number of carbonyl (C=O) groups excluding carboxylic acids is 1. The second-order valence-corrected chi connectivity index (χ2v) is 9.27. The summed E-state index contributed by atoms with van der Waals surface area (Å²) in [7, 11) is 0. The molecule has 0 radical (unpaired) electrons. The summed E-state index contributed by atoms with van der Waals surface area (Å²) in [5.41, 5.74) is 5.82. The van der Waals surface area contributed by atoms with Crippen molar-refractivity contribution in [1.29, 1.82) is 0 Å². The lowest BCUT2D eigenvalue weighted by atomic mass is 9.89. The molecular weight excluding hydrogens is 422 g/mol. The first-order chi connectivity index (χ1) is 15.7. The number of carboxylic acids is 1. The molecule has 0 saturated heterocycles. The molecule has 8 nitrogen and oxygen atoms in total. The minimum atomic E-state index is -1.01. The van der Waals surface area contributed by atoms with Gasteiger partial charge < -0.3 is 14.3 Å². The number of rotatable bonds is 6. The second-order valence-electron chi connectivity index (χ2n) is 9.27. The molecule has 0 saturated carbocycles. The summed E-state index contributed by atoms with van der Waals surface area (Å²) in [5.74, 6) is -0.103. The zero-order valence-corrected chi connectivity index (χ0v) is 19.1. The summed E-state index contributed by atoms with van der Waals surface area (Å²) in [6.07, 6.45) is 0.269. The van der Waals surface area contributed by atoms with Crippen molar-refractivity contribution in [2.75, 3.05) is 0 Å². The lowest BCUT2D eigenvalue weighted by Crippen LogP contribution is -2.39. The van der Waals surface area contributed by atoms with E-state index in [1.54, 1.807) is 24.3 Å². The summed E-state index contributed by atoms with van der Waals surface area (Å²) in [6, 6.07) is 12.7. The Labute approximate surface area is 191 Å². The van der Waals surface area contributed by atoms with Crippen LogP contribution in [-0.2, 0) is 9.59 Å². The SMILES string of the molecule is CCC1CC(=O)NN=C1c1ccc2nc(-c3ccc(OC(C(=O)O)C(C)(C)C)cc3)oc2c1. The van der Waals surface area contributed by atoms with E-state index in [2.05, 4.69) is 15.5 Å². The standard InChI is InChI=1S/C25H27N3O5/c1-5-14-13-20(29)27-28-21(14)16-8-11-18-19(12-16)33-23(26-18)15-6-9-17(10-7-15)32-22(24(30)31)25(2,3)4/h6-12,14,22H,5,13H2,1-4H3,(H,27,29)(H,30,31). The Morgan fingerprint density at radius 3 is 2.55 bits per heavy atom. The fraction of sp³-hybridized carbons (Fsp3) is 0.360. The number of oxazole rings is 1. The first-order valence-corrected chi connectivity index (χ1v) is 10.9. The van der Waals surface area contributed by atoms with E-state index in [1.807, 2.05) is 45.9 Å². The number of hydrazone groups is 1. The number of hydrogen-bond donors (Lipinski definition) is 2. The number of hydrogen-bond acceptors (Lipinski definition) is 6. The molecule has 2 atom stereocenters. The highest BCUT2D eigenvalue weighted by Crippen LogP contribution is 2.30. The molecule has 33 heavy (non-hydrogen) atoms. The lowest BCUT2D eigenvalue weighted by Gasteiger charge is -2.27. The molecule has 0 fully saturated rings. The Balaban J connectivity index is 1.58. The minimum Gasteiger partial charge on any atom is -0.478 e. The Morgan fingerprint density at radius 1 is 1.21 bits per heavy atom. The molecule has 1 aliphatic rings. The van der Waals surface area contributed by atoms with E-state index in [4.69, 9.17) is 9.15 Å². The van der Waals surface area contributed by atoms with Gasteiger partial charge in [0.15, 0.2) is 11.7 Å². The van der Waals surface area contributed by atoms with Gasteiger partial charge in [0, 0.05) is 28.9 Å². The monoisotopic (exact) mass is 449 g/mol. The number of fused-ring (bicyclic) bond motifs is 1. The molecule has 2 heterocycles. The highest BCUT2D eigenvalue weighted by Gasteiger charge is 2.33. The van der Waals surface area contributed by atoms with E-state index in [0.29, 0.717) is 29.2 Å². The van der Waals surface area contributed by atoms with Gasteiger partial charge in [-0.25, -0.2) is 15.2 Å². The van der Waals surface area contributed by atoms with Gasteiger partial charge in [0.2, 0.25) is 11.8 Å². The Bertz CT molecular complexity index is 1220. The van der Waals surface area contributed by atoms with Crippen molar-refractivity contribution in [1.82, 2.24) is 10.4 Å². The van der Waals surface area contributed by atoms with Crippen molar-refractivity contribution in [3.8, 4) is 17.2 Å². The number of carboxylic acid groups (broad SMARTS) is 1. The maximum absolute atomic E-state index is 11.7. The highest BCUT2D eigenvalue weighted by atomic mass is 16.5. The van der Waals surface area contributed by atoms with Gasteiger partial charge in [0.25, 0.3) is 0 Å². The van der Waals surface area contributed by atoms with Crippen LogP contribution in [0.15, 0.2) is 52.0 Å². The Kier molecular flexibility index (Phi) is 5.93. The zero-order chi connectivity index (χ0) is 23.8. The summed E-state index contributed by atoms with van der Waals surface area (Å²) in [4.78, 5) is 27.8. The lowest BCUT2D eigenvalue weighted by molar-refractivity contribution is -0.150. The van der Waals surface area contributed by atoms with Gasteiger partial charge in [-0.15, -0.1) is 0 Å². The van der Waals surface area contributed by atoms with Crippen molar-refractivity contribution in [3.05, 3.63) is 48.0 Å². The summed E-state index contributed by atoms with van der Waals surface area (Å²) >= 11 is 0. The van der Waals surface area contributed by atoms with Crippen molar-refractivity contribution >= 4 is 28.7 Å². The molecule has 3 aromatic rings. The summed E-state index contributed by atoms with van der Waals surface area (Å²) in [6.45, 7) is 7.50. The fourth-order valence-corrected chi connectivity index (χ4v) is 3.84. The van der Waals surface area contributed by atoms with Crippen LogP contribution >= 0.6 is 0 Å². The normalized spacial score (nSPS) is 17.4. The smallest absolute Gasteiger partial charge is 0.345 e. The average molecular weight is 450 g/mol. The number of carbonyl (C=O) groups is 2. The third-order valence-electron chi connectivity index (χ3n) is 5.66. The van der Waals surface area contributed by atoms with Gasteiger partial charge in [-0.2, -0.15) is 5.10 Å². The molecule has 2 unspecified atom stereocenters. The van der Waals surface area contributed by atoms with Gasteiger partial charge >= 0.3 is 5.97 Å². The quantitative estimate of drug-likeness (QED) is 0.567. The van der Waals surface area contributed by atoms with Crippen LogP contribution in [0.1, 0.15) is 46.1 Å². The van der Waals surface area contributed by atoms with E-state index >= 15 is 0 Å². The third-order valence-corrected chi connectivity index (χ3v) is 5.66. The first kappa shape index (κ1) is 22.5. The van der Waals surface area contributed by atoms with E-state index in [-0.39, 0.29) is 11.8 Å². The predicted molar refractivity (Wildman–Crippen MR) is 124 cm³/mol. The Hall–Kier alpha value is -3.68. The van der Waals surface area contributed by atoms with Crippen LogP contribution in [0.2, 0.25) is 0 Å². The number of aliphatic carboxylic acids is 1. The number of nitrogens with one attached hydrogen (secondary N) is 1. The van der Waals surface area contributed by atoms with Crippen LogP contribution in [0.25, 0.3) is 22.6 Å². The molecule has 1 amide bonds. The topological polar surface area (TPSA) is 114 Å². The zero-order valence-electron chi connectivity index (χ0n) is 19.1. The summed E-state index contributed by atoms with van der Waals surface area (Å²) in [5, 5.41) is 13.7. The number of amides is 1. The Morgan fingerprint density at radius 2 is 1.91 bits per heavy atom. The van der Waals surface area contributed by atoms with E-state index < -0.39 is 17.5 Å². The number of aromatic nitrogens is 1. The van der Waals surface area contributed by atoms with Gasteiger partial charge in [-0.3, -0.25) is 4.79 Å². The van der Waals surface area contributed by atoms with Crippen molar-refractivity contribution < 1.29 is 23.8 Å². The number of nitrogens with zero attached hydrogens (tertiary/aromatic N) is 2. The largest absolute Gasteiger partial charge is 0.478 e. The van der Waals surface area contributed by atoms with Crippen LogP contribution in [0.4, 0.5) is 0 Å². The van der Waals surface area contributed by atoms with Gasteiger partial charge in [0.05, 0.1) is 5.71 Å². The predicted octanol–water partition coefficient (Wildman–Crippen LogP) is 4.62. The molecule has 1 aliphatic heterocycles. The molecule has 2 aromatic carbocycles. The molecule has 0 spiro atoms. The maximum Gasteiger partial charge on any atom is 0.345 e. The van der Waals surface area contributed by atoms with Crippen LogP contribution in [0.5, 0.6) is 5.75 Å². The molecule has 172 valence electrons. The number of ether oxygens (including phenoxy) is 1. The van der Waals surface area contributed by atoms with Gasteiger partial charge in [-0.1, -0.05) is 33.8 Å². The van der Waals surface area contributed by atoms with Crippen molar-refractivity contribution in [3.63, 3.8) is 0 Å². The average Bonchev–Trinajstić information content (AvgIpc) is 3.20. The molecule has 0 bridgehead atoms. The van der Waals surface area contributed by atoms with Crippen molar-refractivity contribution in [2.24, 2.45) is 16.4 Å². The van der Waals surface area contributed by atoms with E-state index in [1.165, 1.54) is 0 Å². The molecular formula is C25H27N3O5. The minimum absolute atomic E-state index is 0.0638. The maximum atomic E-state index is 11.7. The first-order valence-electron chi connectivity index (χ1n) is 10.9. The molecule has 1 aromatic heterocycles. The highest BCUT2D eigenvalue weighted by molar-refractivity contribution is 6.07. The van der Waals surface area contributed by atoms with Crippen molar-refractivity contribution in [2.45, 2.75) is 46.6 Å². The number of benzene rings is 2. The third kappa shape index (κ3) is 4.74. The van der Waals surface area contributed by atoms with Crippen LogP contribution < -0.4 is 10.2 Å². The second kappa shape index (κ2) is 8.69. The van der Waals surface area contributed by atoms with E-state index in [0.717, 1.165) is 23.3 Å².